The molecule has 0 bridgehead atoms. The van der Waals surface area contributed by atoms with E-state index in [2.05, 4.69) is 10.2 Å². The summed E-state index contributed by atoms with van der Waals surface area (Å²) in [5.41, 5.74) is 0. The number of nitrogens with zero attached hydrogens (tertiary/aromatic N) is 1. The summed E-state index contributed by atoms with van der Waals surface area (Å²) in [5, 5.41) is 2.83. The Hall–Kier alpha value is -0.980. The number of carbonyl (C=O) groups is 2. The third-order valence-electron chi connectivity index (χ3n) is 3.65. The van der Waals surface area contributed by atoms with E-state index in [1.165, 1.54) is 6.42 Å². The maximum atomic E-state index is 11.7. The van der Waals surface area contributed by atoms with Crippen LogP contribution in [0.1, 0.15) is 32.6 Å². The molecular weight excluding hydrogens is 272 g/mol. The van der Waals surface area contributed by atoms with E-state index in [0.717, 1.165) is 26.1 Å². The summed E-state index contributed by atoms with van der Waals surface area (Å²) in [6.07, 6.45) is 3.27. The smallest absolute Gasteiger partial charge is 0.221 e. The van der Waals surface area contributed by atoms with Crippen LogP contribution >= 0.6 is 0 Å². The zero-order chi connectivity index (χ0) is 15.5. The van der Waals surface area contributed by atoms with Gasteiger partial charge in [-0.3, -0.25) is 14.5 Å². The van der Waals surface area contributed by atoms with E-state index in [0.29, 0.717) is 38.6 Å². The molecule has 1 atom stereocenters. The zero-order valence-corrected chi connectivity index (χ0v) is 13.2. The number of amides is 1. The highest BCUT2D eigenvalue weighted by Crippen LogP contribution is 2.17. The fourth-order valence-corrected chi connectivity index (χ4v) is 2.48. The molecule has 0 saturated carbocycles. The van der Waals surface area contributed by atoms with Crippen LogP contribution in [0.15, 0.2) is 0 Å². The molecule has 1 N–H and O–H groups in total. The van der Waals surface area contributed by atoms with Crippen LogP contribution in [0.2, 0.25) is 0 Å². The normalized spacial score (nSPS) is 18.9. The minimum Gasteiger partial charge on any atom is -0.383 e. The van der Waals surface area contributed by atoms with Gasteiger partial charge in [0.1, 0.15) is 5.78 Å². The molecule has 122 valence electrons. The topological polar surface area (TPSA) is 67.9 Å². The zero-order valence-electron chi connectivity index (χ0n) is 13.2. The summed E-state index contributed by atoms with van der Waals surface area (Å²) in [5.74, 6) is 0.170. The number of ketones is 1. The van der Waals surface area contributed by atoms with Crippen molar-refractivity contribution in [1.29, 1.82) is 0 Å². The van der Waals surface area contributed by atoms with Gasteiger partial charge in [-0.2, -0.15) is 0 Å². The van der Waals surface area contributed by atoms with Crippen molar-refractivity contribution < 1.29 is 19.1 Å². The van der Waals surface area contributed by atoms with Crippen molar-refractivity contribution in [3.05, 3.63) is 0 Å². The van der Waals surface area contributed by atoms with Crippen LogP contribution in [-0.2, 0) is 19.1 Å². The standard InChI is InChI=1S/C15H28N2O4/c1-13(18)6-10-21-11-7-16-15(19)5-9-17-8-3-4-14(17)12-20-2/h14H,3-12H2,1-2H3,(H,16,19)/t14-/m0/s1. The lowest BCUT2D eigenvalue weighted by atomic mass is 10.2. The molecule has 1 rings (SSSR count). The van der Waals surface area contributed by atoms with Crippen molar-refractivity contribution in [2.24, 2.45) is 0 Å². The Morgan fingerprint density at radius 3 is 2.81 bits per heavy atom. The van der Waals surface area contributed by atoms with E-state index in [-0.39, 0.29) is 11.7 Å². The van der Waals surface area contributed by atoms with Crippen LogP contribution in [0.4, 0.5) is 0 Å². The maximum Gasteiger partial charge on any atom is 0.221 e. The molecule has 21 heavy (non-hydrogen) atoms. The van der Waals surface area contributed by atoms with Gasteiger partial charge in [-0.1, -0.05) is 0 Å². The lowest BCUT2D eigenvalue weighted by Gasteiger charge is -2.23. The predicted octanol–water partition coefficient (Wildman–Crippen LogP) is 0.599. The molecule has 1 aliphatic rings. The molecule has 1 amide bonds. The van der Waals surface area contributed by atoms with Gasteiger partial charge in [0.05, 0.1) is 19.8 Å². The van der Waals surface area contributed by atoms with Crippen molar-refractivity contribution in [3.63, 3.8) is 0 Å². The lowest BCUT2D eigenvalue weighted by molar-refractivity contribution is -0.122. The molecule has 0 aromatic carbocycles. The van der Waals surface area contributed by atoms with E-state index < -0.39 is 0 Å². The molecule has 1 fully saturated rings. The summed E-state index contributed by atoms with van der Waals surface area (Å²) >= 11 is 0. The predicted molar refractivity (Wildman–Crippen MR) is 80.2 cm³/mol. The van der Waals surface area contributed by atoms with Crippen molar-refractivity contribution in [2.75, 3.05) is 46.6 Å². The Bertz CT molecular complexity index is 323. The van der Waals surface area contributed by atoms with Crippen LogP contribution in [0.25, 0.3) is 0 Å². The minimum absolute atomic E-state index is 0.0493. The molecule has 6 nitrogen and oxygen atoms in total. The first-order chi connectivity index (χ1) is 10.1. The minimum atomic E-state index is 0.0493. The number of nitrogens with one attached hydrogen (secondary N) is 1. The van der Waals surface area contributed by atoms with Crippen molar-refractivity contribution >= 4 is 11.7 Å². The fraction of sp³-hybridized carbons (Fsp3) is 0.867. The SMILES string of the molecule is COC[C@@H]1CCCN1CCC(=O)NCCOCCC(C)=O. The second-order valence-corrected chi connectivity index (χ2v) is 5.45. The molecule has 0 unspecified atom stereocenters. The fourth-order valence-electron chi connectivity index (χ4n) is 2.48. The Morgan fingerprint density at radius 1 is 1.29 bits per heavy atom. The van der Waals surface area contributed by atoms with E-state index >= 15 is 0 Å². The van der Waals surface area contributed by atoms with E-state index in [1.807, 2.05) is 0 Å². The lowest BCUT2D eigenvalue weighted by Crippen LogP contribution is -2.37. The van der Waals surface area contributed by atoms with Crippen molar-refractivity contribution in [3.8, 4) is 0 Å². The van der Waals surface area contributed by atoms with Gasteiger partial charge in [-0.25, -0.2) is 0 Å². The summed E-state index contributed by atoms with van der Waals surface area (Å²) in [7, 11) is 1.72. The Labute approximate surface area is 127 Å². The van der Waals surface area contributed by atoms with Gasteiger partial charge in [0.2, 0.25) is 5.91 Å². The maximum absolute atomic E-state index is 11.7. The molecule has 0 spiro atoms. The molecule has 1 aliphatic heterocycles. The van der Waals surface area contributed by atoms with Crippen molar-refractivity contribution in [1.82, 2.24) is 10.2 Å². The van der Waals surface area contributed by atoms with Gasteiger partial charge in [0, 0.05) is 39.1 Å². The highest BCUT2D eigenvalue weighted by molar-refractivity contribution is 5.76. The summed E-state index contributed by atoms with van der Waals surface area (Å²) in [6, 6.07) is 0.456. The number of hydrogen-bond donors (Lipinski definition) is 1. The quantitative estimate of drug-likeness (QED) is 0.566. The van der Waals surface area contributed by atoms with Gasteiger partial charge in [0.25, 0.3) is 0 Å². The number of ether oxygens (including phenoxy) is 2. The van der Waals surface area contributed by atoms with Gasteiger partial charge in [-0.05, 0) is 26.3 Å². The highest BCUT2D eigenvalue weighted by atomic mass is 16.5. The van der Waals surface area contributed by atoms with Crippen LogP contribution in [0.5, 0.6) is 0 Å². The Morgan fingerprint density at radius 2 is 2.10 bits per heavy atom. The summed E-state index contributed by atoms with van der Waals surface area (Å²) in [4.78, 5) is 24.8. The van der Waals surface area contributed by atoms with Crippen molar-refractivity contribution in [2.45, 2.75) is 38.6 Å². The average Bonchev–Trinajstić information content (AvgIpc) is 2.88. The molecule has 6 heteroatoms. The molecule has 0 aromatic heterocycles. The number of methoxy groups -OCH3 is 1. The van der Waals surface area contributed by atoms with Gasteiger partial charge in [-0.15, -0.1) is 0 Å². The number of Topliss-reactive ketones (excluding diaryl/α,β-unsaturated/α-hetero) is 1. The first kappa shape index (κ1) is 18.1. The molecular formula is C15H28N2O4. The summed E-state index contributed by atoms with van der Waals surface area (Å²) in [6.45, 7) is 5.50. The second kappa shape index (κ2) is 10.7. The number of likely N-dealkylation sites (tertiary alicyclic amines) is 1. The largest absolute Gasteiger partial charge is 0.383 e. The monoisotopic (exact) mass is 300 g/mol. The van der Waals surface area contributed by atoms with E-state index in [1.54, 1.807) is 14.0 Å². The Kier molecular flexibility index (Phi) is 9.21. The van der Waals surface area contributed by atoms with Crippen LogP contribution < -0.4 is 5.32 Å². The average molecular weight is 300 g/mol. The number of carbonyl (C=O) groups excluding carboxylic acids is 2. The Balaban J connectivity index is 2.02. The molecule has 1 heterocycles. The van der Waals surface area contributed by atoms with Gasteiger partial charge >= 0.3 is 0 Å². The molecule has 0 aromatic rings. The second-order valence-electron chi connectivity index (χ2n) is 5.45. The first-order valence-electron chi connectivity index (χ1n) is 7.70. The third-order valence-corrected chi connectivity index (χ3v) is 3.65. The number of hydrogen-bond acceptors (Lipinski definition) is 5. The molecule has 1 saturated heterocycles. The van der Waals surface area contributed by atoms with E-state index in [4.69, 9.17) is 9.47 Å². The van der Waals surface area contributed by atoms with Crippen LogP contribution in [-0.4, -0.2) is 69.2 Å². The summed E-state index contributed by atoms with van der Waals surface area (Å²) < 4.78 is 10.5. The number of rotatable bonds is 11. The van der Waals surface area contributed by atoms with Crippen LogP contribution in [0.3, 0.4) is 0 Å². The highest BCUT2D eigenvalue weighted by Gasteiger charge is 2.24. The van der Waals surface area contributed by atoms with Crippen LogP contribution in [0, 0.1) is 0 Å². The molecule has 0 aliphatic carbocycles. The van der Waals surface area contributed by atoms with Gasteiger partial charge in [0.15, 0.2) is 0 Å². The molecule has 0 radical (unpaired) electrons. The van der Waals surface area contributed by atoms with Gasteiger partial charge < -0.3 is 14.8 Å². The third kappa shape index (κ3) is 8.14. The van der Waals surface area contributed by atoms with E-state index in [9.17, 15) is 9.59 Å². The first-order valence-corrected chi connectivity index (χ1v) is 7.70.